The van der Waals surface area contributed by atoms with Crippen molar-refractivity contribution < 1.29 is 9.83 Å². The third-order valence-electron chi connectivity index (χ3n) is 2.27. The number of hydrogen-bond donors (Lipinski definition) is 0. The van der Waals surface area contributed by atoms with Crippen molar-refractivity contribution in [2.75, 3.05) is 0 Å². The van der Waals surface area contributed by atoms with E-state index in [9.17, 15) is 5.26 Å². The molecule has 0 amide bonds. The van der Waals surface area contributed by atoms with Crippen LogP contribution in [0.15, 0.2) is 0 Å². The lowest BCUT2D eigenvalue weighted by atomic mass is 9.72. The van der Waals surface area contributed by atoms with Gasteiger partial charge in [0.15, 0.2) is 0 Å². The van der Waals surface area contributed by atoms with E-state index in [4.69, 9.17) is 0 Å². The summed E-state index contributed by atoms with van der Waals surface area (Å²) in [6.07, 6.45) is 2.88. The molecule has 0 spiro atoms. The van der Waals surface area contributed by atoms with Gasteiger partial charge in [-0.05, 0) is 17.8 Å². The summed E-state index contributed by atoms with van der Waals surface area (Å²) in [7, 11) is 0. The Labute approximate surface area is 67.9 Å². The van der Waals surface area contributed by atoms with Crippen molar-refractivity contribution in [2.24, 2.45) is 11.3 Å². The highest BCUT2D eigenvalue weighted by atomic mass is 17.1. The van der Waals surface area contributed by atoms with E-state index in [1.807, 2.05) is 0 Å². The summed E-state index contributed by atoms with van der Waals surface area (Å²) in [5.74, 6) is 1.33. The summed E-state index contributed by atoms with van der Waals surface area (Å²) in [5, 5.41) is 10.2. The van der Waals surface area contributed by atoms with Crippen LogP contribution < -0.4 is 5.26 Å². The smallest absolute Gasteiger partial charge is 0.330 e. The topological polar surface area (TPSA) is 34.4 Å². The van der Waals surface area contributed by atoms with E-state index in [1.165, 1.54) is 6.42 Å². The van der Waals surface area contributed by atoms with Gasteiger partial charge in [0.25, 0.3) is 0 Å². The molecule has 1 aliphatic rings. The lowest BCUT2D eigenvalue weighted by Crippen LogP contribution is -2.30. The first-order chi connectivity index (χ1) is 5.03. The van der Waals surface area contributed by atoms with Gasteiger partial charge in [0.1, 0.15) is 0 Å². The minimum atomic E-state index is 0.261. The van der Waals surface area contributed by atoms with Crippen molar-refractivity contribution in [3.05, 3.63) is 0 Å². The minimum absolute atomic E-state index is 0.261. The molecular formula is C9H16O2. The Morgan fingerprint density at radius 3 is 2.64 bits per heavy atom. The Morgan fingerprint density at radius 2 is 2.18 bits per heavy atom. The molecule has 0 heterocycles. The molecule has 1 fully saturated rings. The summed E-state index contributed by atoms with van der Waals surface area (Å²) < 4.78 is 4.06. The highest BCUT2D eigenvalue weighted by Crippen LogP contribution is 2.36. The van der Waals surface area contributed by atoms with Gasteiger partial charge in [-0.3, -0.25) is 0 Å². The van der Waals surface area contributed by atoms with E-state index in [1.54, 1.807) is 0 Å². The van der Waals surface area contributed by atoms with Crippen LogP contribution in [-0.2, 0) is 4.58 Å². The summed E-state index contributed by atoms with van der Waals surface area (Å²) in [6, 6.07) is 0. The minimum Gasteiger partial charge on any atom is -0.463 e. The fraction of sp³-hybridized carbons (Fsp3) is 0.889. The molecule has 2 heteroatoms. The lowest BCUT2D eigenvalue weighted by Gasteiger charge is -2.29. The Hall–Kier alpha value is -0.530. The van der Waals surface area contributed by atoms with Gasteiger partial charge in [-0.1, -0.05) is 20.8 Å². The average molecular weight is 156 g/mol. The van der Waals surface area contributed by atoms with Crippen molar-refractivity contribution in [1.82, 2.24) is 0 Å². The number of rotatable bonds is 0. The zero-order valence-corrected chi connectivity index (χ0v) is 7.52. The van der Waals surface area contributed by atoms with E-state index in [0.717, 1.165) is 18.6 Å². The van der Waals surface area contributed by atoms with E-state index >= 15 is 0 Å². The Kier molecular flexibility index (Phi) is 2.21. The molecule has 1 saturated carbocycles. The van der Waals surface area contributed by atoms with E-state index < -0.39 is 0 Å². The Balaban J connectivity index is 2.66. The zero-order valence-electron chi connectivity index (χ0n) is 7.52. The fourth-order valence-electron chi connectivity index (χ4n) is 2.15. The van der Waals surface area contributed by atoms with Crippen LogP contribution in [-0.4, -0.2) is 5.78 Å². The zero-order chi connectivity index (χ0) is 8.48. The largest absolute Gasteiger partial charge is 0.463 e. The van der Waals surface area contributed by atoms with E-state index in [0.29, 0.717) is 5.92 Å². The summed E-state index contributed by atoms with van der Waals surface area (Å²) in [5.41, 5.74) is 0.261. The average Bonchev–Trinajstić information content (AvgIpc) is 1.83. The molecule has 2 nitrogen and oxygen atoms in total. The predicted molar refractivity (Wildman–Crippen MR) is 41.8 cm³/mol. The highest BCUT2D eigenvalue weighted by Gasteiger charge is 2.35. The van der Waals surface area contributed by atoms with E-state index in [-0.39, 0.29) is 5.41 Å². The standard InChI is InChI=1S/C9H16O2/c1-7-4-8(11-10)6-9(2,3)5-7/h7H,4-6H2,1-3H3. The summed E-state index contributed by atoms with van der Waals surface area (Å²) in [6.45, 7) is 6.53. The van der Waals surface area contributed by atoms with Gasteiger partial charge in [0.2, 0.25) is 0 Å². The first-order valence-corrected chi connectivity index (χ1v) is 4.18. The maximum Gasteiger partial charge on any atom is 0.330 e. The van der Waals surface area contributed by atoms with Crippen LogP contribution in [0.25, 0.3) is 0 Å². The molecule has 64 valence electrons. The molecular weight excluding hydrogens is 140 g/mol. The number of hydrogen-bond acceptors (Lipinski definition) is 1. The van der Waals surface area contributed by atoms with Crippen LogP contribution >= 0.6 is 0 Å². The van der Waals surface area contributed by atoms with Crippen molar-refractivity contribution in [3.8, 4) is 0 Å². The van der Waals surface area contributed by atoms with Crippen LogP contribution in [0.4, 0.5) is 0 Å². The molecule has 0 aromatic rings. The normalized spacial score (nSPS) is 34.1. The monoisotopic (exact) mass is 156 g/mol. The molecule has 0 aromatic heterocycles. The van der Waals surface area contributed by atoms with Gasteiger partial charge in [-0.15, -0.1) is 0 Å². The van der Waals surface area contributed by atoms with Gasteiger partial charge in [0, 0.05) is 0 Å². The molecule has 0 N–H and O–H groups in total. The maximum atomic E-state index is 10.2. The van der Waals surface area contributed by atoms with Gasteiger partial charge in [-0.2, -0.15) is 4.58 Å². The molecule has 11 heavy (non-hydrogen) atoms. The summed E-state index contributed by atoms with van der Waals surface area (Å²) in [4.78, 5) is 0. The number of carbonyl (C=O) groups excluding carboxylic acids is 1. The van der Waals surface area contributed by atoms with Gasteiger partial charge >= 0.3 is 5.78 Å². The quantitative estimate of drug-likeness (QED) is 0.295. The van der Waals surface area contributed by atoms with Crippen LogP contribution in [0.5, 0.6) is 0 Å². The third-order valence-corrected chi connectivity index (χ3v) is 2.27. The second-order valence-corrected chi connectivity index (χ2v) is 4.48. The first kappa shape index (κ1) is 8.57. The van der Waals surface area contributed by atoms with Crippen LogP contribution in [0.3, 0.4) is 0 Å². The second-order valence-electron chi connectivity index (χ2n) is 4.48. The van der Waals surface area contributed by atoms with Gasteiger partial charge in [-0.25, -0.2) is 0 Å². The molecule has 1 aliphatic carbocycles. The summed E-state index contributed by atoms with van der Waals surface area (Å²) >= 11 is 0. The molecule has 1 rings (SSSR count). The Morgan fingerprint density at radius 1 is 1.55 bits per heavy atom. The van der Waals surface area contributed by atoms with Crippen LogP contribution in [0.1, 0.15) is 40.0 Å². The molecule has 1 unspecified atom stereocenters. The molecule has 1 atom stereocenters. The van der Waals surface area contributed by atoms with Gasteiger partial charge in [0.05, 0.1) is 12.8 Å². The fourth-order valence-corrected chi connectivity index (χ4v) is 2.15. The lowest BCUT2D eigenvalue weighted by molar-refractivity contribution is -1.05. The van der Waals surface area contributed by atoms with Crippen molar-refractivity contribution >= 4 is 5.78 Å². The second kappa shape index (κ2) is 2.84. The molecule has 0 saturated heterocycles. The van der Waals surface area contributed by atoms with Crippen LogP contribution in [0.2, 0.25) is 0 Å². The van der Waals surface area contributed by atoms with Crippen LogP contribution in [0, 0.1) is 11.3 Å². The molecule has 0 radical (unpaired) electrons. The van der Waals surface area contributed by atoms with Crippen molar-refractivity contribution in [2.45, 2.75) is 40.0 Å². The highest BCUT2D eigenvalue weighted by molar-refractivity contribution is 5.80. The molecule has 0 bridgehead atoms. The predicted octanol–water partition coefficient (Wildman–Crippen LogP) is 1.21. The van der Waals surface area contributed by atoms with Crippen molar-refractivity contribution in [3.63, 3.8) is 0 Å². The maximum absolute atomic E-state index is 10.2. The Bertz CT molecular complexity index is 170. The number of ketones is 1. The third kappa shape index (κ3) is 2.21. The molecule has 0 aliphatic heterocycles. The van der Waals surface area contributed by atoms with Crippen molar-refractivity contribution in [1.29, 1.82) is 0 Å². The first-order valence-electron chi connectivity index (χ1n) is 4.18. The molecule has 0 aromatic carbocycles. The van der Waals surface area contributed by atoms with E-state index in [2.05, 4.69) is 25.3 Å². The van der Waals surface area contributed by atoms with Gasteiger partial charge < -0.3 is 5.26 Å². The SMILES string of the molecule is CC1CC(=[O+][O-])CC(C)(C)C1.